The molecule has 0 bridgehead atoms. The molecule has 1 rings (SSSR count). The van der Waals surface area contributed by atoms with Crippen LogP contribution in [0.2, 0.25) is 0 Å². The average molecular weight is 320 g/mol. The largest absolute Gasteiger partial charge is 0.385 e. The summed E-state index contributed by atoms with van der Waals surface area (Å²) in [4.78, 5) is 4.25. The van der Waals surface area contributed by atoms with Gasteiger partial charge < -0.3 is 20.7 Å². The molecule has 0 aliphatic rings. The van der Waals surface area contributed by atoms with Gasteiger partial charge in [-0.2, -0.15) is 0 Å². The quantitative estimate of drug-likeness (QED) is 0.371. The number of methoxy groups -OCH3 is 1. The van der Waals surface area contributed by atoms with Crippen LogP contribution in [0.1, 0.15) is 38.8 Å². The van der Waals surface area contributed by atoms with E-state index in [1.807, 2.05) is 6.07 Å². The van der Waals surface area contributed by atoms with Crippen LogP contribution in [0.5, 0.6) is 0 Å². The SMILES string of the molecule is CN=C(NCCCOC)NCC(C)(C)NC(C)c1ccccc1. The Balaban J connectivity index is 2.41. The highest BCUT2D eigenvalue weighted by Crippen LogP contribution is 2.15. The zero-order valence-electron chi connectivity index (χ0n) is 15.1. The Morgan fingerprint density at radius 1 is 1.22 bits per heavy atom. The standard InChI is InChI=1S/C18H32N4O/c1-15(16-10-7-6-8-11-16)22-18(2,3)14-21-17(19-4)20-12-9-13-23-5/h6-8,10-11,15,22H,9,12-14H2,1-5H3,(H2,19,20,21). The second-order valence-corrected chi connectivity index (χ2v) is 6.36. The summed E-state index contributed by atoms with van der Waals surface area (Å²) in [6, 6.07) is 10.8. The van der Waals surface area contributed by atoms with Crippen LogP contribution in [0.4, 0.5) is 0 Å². The molecule has 1 aromatic carbocycles. The van der Waals surface area contributed by atoms with Gasteiger partial charge in [-0.1, -0.05) is 30.3 Å². The molecule has 0 aliphatic heterocycles. The van der Waals surface area contributed by atoms with Gasteiger partial charge in [-0.3, -0.25) is 4.99 Å². The predicted molar refractivity (Wildman–Crippen MR) is 97.9 cm³/mol. The van der Waals surface area contributed by atoms with Crippen LogP contribution < -0.4 is 16.0 Å². The number of guanidine groups is 1. The molecule has 0 aromatic heterocycles. The maximum absolute atomic E-state index is 5.05. The van der Waals surface area contributed by atoms with Gasteiger partial charge in [0.05, 0.1) is 0 Å². The van der Waals surface area contributed by atoms with Gasteiger partial charge in [-0.15, -0.1) is 0 Å². The zero-order chi connectivity index (χ0) is 17.1. The molecule has 0 saturated heterocycles. The first-order chi connectivity index (χ1) is 11.0. The molecule has 5 nitrogen and oxygen atoms in total. The van der Waals surface area contributed by atoms with E-state index in [-0.39, 0.29) is 5.54 Å². The fraction of sp³-hybridized carbons (Fsp3) is 0.611. The van der Waals surface area contributed by atoms with Crippen LogP contribution in [0, 0.1) is 0 Å². The van der Waals surface area contributed by atoms with Crippen LogP contribution >= 0.6 is 0 Å². The van der Waals surface area contributed by atoms with Gasteiger partial charge in [0.1, 0.15) is 0 Å². The Labute approximate surface area is 140 Å². The molecule has 1 aromatic rings. The Bertz CT molecular complexity index is 459. The fourth-order valence-electron chi connectivity index (χ4n) is 2.41. The topological polar surface area (TPSA) is 57.7 Å². The third-order valence-corrected chi connectivity index (χ3v) is 3.65. The van der Waals surface area contributed by atoms with Crippen molar-refractivity contribution in [2.75, 3.05) is 33.9 Å². The molecular weight excluding hydrogens is 288 g/mol. The molecule has 0 saturated carbocycles. The maximum atomic E-state index is 5.05. The first-order valence-corrected chi connectivity index (χ1v) is 8.24. The minimum absolute atomic E-state index is 0.0561. The lowest BCUT2D eigenvalue weighted by atomic mass is 10.0. The number of hydrogen-bond donors (Lipinski definition) is 3. The van der Waals surface area contributed by atoms with Gasteiger partial charge in [-0.05, 0) is 32.8 Å². The smallest absolute Gasteiger partial charge is 0.191 e. The Morgan fingerprint density at radius 2 is 1.91 bits per heavy atom. The zero-order valence-corrected chi connectivity index (χ0v) is 15.1. The average Bonchev–Trinajstić information content (AvgIpc) is 2.54. The molecule has 5 heteroatoms. The van der Waals surface area contributed by atoms with E-state index in [9.17, 15) is 0 Å². The monoisotopic (exact) mass is 320 g/mol. The van der Waals surface area contributed by atoms with Crippen LogP contribution in [-0.4, -0.2) is 45.4 Å². The van der Waals surface area contributed by atoms with Crippen molar-refractivity contribution in [2.45, 2.75) is 38.8 Å². The summed E-state index contributed by atoms with van der Waals surface area (Å²) >= 11 is 0. The highest BCUT2D eigenvalue weighted by Gasteiger charge is 2.21. The van der Waals surface area contributed by atoms with Crippen molar-refractivity contribution in [1.82, 2.24) is 16.0 Å². The summed E-state index contributed by atoms with van der Waals surface area (Å²) in [5, 5.41) is 10.3. The number of ether oxygens (including phenoxy) is 1. The van der Waals surface area contributed by atoms with Gasteiger partial charge in [0, 0.05) is 45.4 Å². The van der Waals surface area contributed by atoms with E-state index in [1.54, 1.807) is 14.2 Å². The minimum atomic E-state index is -0.0561. The van der Waals surface area contributed by atoms with Crippen molar-refractivity contribution < 1.29 is 4.74 Å². The Hall–Kier alpha value is -1.59. The third kappa shape index (κ3) is 8.00. The fourth-order valence-corrected chi connectivity index (χ4v) is 2.41. The summed E-state index contributed by atoms with van der Waals surface area (Å²) in [5.74, 6) is 0.823. The summed E-state index contributed by atoms with van der Waals surface area (Å²) in [5.41, 5.74) is 1.24. The van der Waals surface area contributed by atoms with Crippen LogP contribution in [-0.2, 0) is 4.74 Å². The molecule has 1 unspecified atom stereocenters. The first kappa shape index (κ1) is 19.5. The van der Waals surface area contributed by atoms with E-state index in [0.717, 1.165) is 32.1 Å². The molecule has 0 aliphatic carbocycles. The highest BCUT2D eigenvalue weighted by atomic mass is 16.5. The number of benzene rings is 1. The van der Waals surface area contributed by atoms with E-state index in [4.69, 9.17) is 4.74 Å². The molecule has 3 N–H and O–H groups in total. The van der Waals surface area contributed by atoms with Crippen LogP contribution in [0.3, 0.4) is 0 Å². The normalized spacial score (nSPS) is 13.7. The second kappa shape index (κ2) is 10.2. The summed E-state index contributed by atoms with van der Waals surface area (Å²) in [6.45, 7) is 8.96. The lowest BCUT2D eigenvalue weighted by molar-refractivity contribution is 0.195. The van der Waals surface area contributed by atoms with Gasteiger partial charge in [0.15, 0.2) is 5.96 Å². The van der Waals surface area contributed by atoms with E-state index >= 15 is 0 Å². The third-order valence-electron chi connectivity index (χ3n) is 3.65. The van der Waals surface area contributed by atoms with E-state index in [0.29, 0.717) is 6.04 Å². The first-order valence-electron chi connectivity index (χ1n) is 8.24. The molecule has 0 amide bonds. The number of hydrogen-bond acceptors (Lipinski definition) is 3. The van der Waals surface area contributed by atoms with Crippen molar-refractivity contribution in [3.63, 3.8) is 0 Å². The van der Waals surface area contributed by atoms with Crippen molar-refractivity contribution in [1.29, 1.82) is 0 Å². The molecule has 0 spiro atoms. The number of nitrogens with one attached hydrogen (secondary N) is 3. The van der Waals surface area contributed by atoms with Gasteiger partial charge in [-0.25, -0.2) is 0 Å². The number of nitrogens with zero attached hydrogens (tertiary/aromatic N) is 1. The molecular formula is C18H32N4O. The van der Waals surface area contributed by atoms with Crippen LogP contribution in [0.25, 0.3) is 0 Å². The molecule has 1 atom stereocenters. The lowest BCUT2D eigenvalue weighted by Crippen LogP contribution is -2.52. The van der Waals surface area contributed by atoms with Gasteiger partial charge >= 0.3 is 0 Å². The van der Waals surface area contributed by atoms with Gasteiger partial charge in [0.2, 0.25) is 0 Å². The Kier molecular flexibility index (Phi) is 8.66. The van der Waals surface area contributed by atoms with Crippen molar-refractivity contribution >= 4 is 5.96 Å². The molecule has 0 heterocycles. The number of aliphatic imine (C=N–C) groups is 1. The second-order valence-electron chi connectivity index (χ2n) is 6.36. The van der Waals surface area contributed by atoms with Crippen LogP contribution in [0.15, 0.2) is 35.3 Å². The summed E-state index contributed by atoms with van der Waals surface area (Å²) in [7, 11) is 3.51. The maximum Gasteiger partial charge on any atom is 0.191 e. The summed E-state index contributed by atoms with van der Waals surface area (Å²) < 4.78 is 5.05. The molecule has 0 fully saturated rings. The Morgan fingerprint density at radius 3 is 2.52 bits per heavy atom. The van der Waals surface area contributed by atoms with Crippen molar-refractivity contribution in [3.8, 4) is 0 Å². The van der Waals surface area contributed by atoms with E-state index in [1.165, 1.54) is 5.56 Å². The summed E-state index contributed by atoms with van der Waals surface area (Å²) in [6.07, 6.45) is 0.962. The van der Waals surface area contributed by atoms with E-state index in [2.05, 4.69) is 66.0 Å². The highest BCUT2D eigenvalue weighted by molar-refractivity contribution is 5.79. The number of rotatable bonds is 9. The van der Waals surface area contributed by atoms with Gasteiger partial charge in [0.25, 0.3) is 0 Å². The molecule has 0 radical (unpaired) electrons. The predicted octanol–water partition coefficient (Wildman–Crippen LogP) is 2.32. The molecule has 130 valence electrons. The lowest BCUT2D eigenvalue weighted by Gasteiger charge is -2.31. The van der Waals surface area contributed by atoms with Crippen molar-refractivity contribution in [2.24, 2.45) is 4.99 Å². The molecule has 23 heavy (non-hydrogen) atoms. The van der Waals surface area contributed by atoms with Crippen molar-refractivity contribution in [3.05, 3.63) is 35.9 Å². The van der Waals surface area contributed by atoms with E-state index < -0.39 is 0 Å². The minimum Gasteiger partial charge on any atom is -0.385 e.